The lowest BCUT2D eigenvalue weighted by atomic mass is 9.46. The summed E-state index contributed by atoms with van der Waals surface area (Å²) in [5.41, 5.74) is 0.810. The van der Waals surface area contributed by atoms with Gasteiger partial charge in [-0.25, -0.2) is 0 Å². The van der Waals surface area contributed by atoms with E-state index in [1.165, 1.54) is 19.6 Å². The molecule has 2 heteroatoms. The Labute approximate surface area is 105 Å². The van der Waals surface area contributed by atoms with Crippen LogP contribution in [0.3, 0.4) is 0 Å². The monoisotopic (exact) mass is 241 g/mol. The van der Waals surface area contributed by atoms with Gasteiger partial charge in [-0.3, -0.25) is 0 Å². The summed E-state index contributed by atoms with van der Waals surface area (Å²) in [5.74, 6) is 4.50. The van der Waals surface area contributed by atoms with Crippen LogP contribution in [0.2, 0.25) is 0 Å². The Morgan fingerprint density at radius 1 is 1.12 bits per heavy atom. The van der Waals surface area contributed by atoms with Crippen molar-refractivity contribution < 1.29 is 0 Å². The zero-order valence-corrected chi connectivity index (χ0v) is 11.1. The van der Waals surface area contributed by atoms with Crippen LogP contribution in [-0.4, -0.2) is 24.5 Å². The van der Waals surface area contributed by atoms with Crippen molar-refractivity contribution in [2.45, 2.75) is 39.0 Å². The third kappa shape index (κ3) is 1.34. The normalized spacial score (nSPS) is 53.8. The van der Waals surface area contributed by atoms with E-state index in [1.807, 2.05) is 0 Å². The van der Waals surface area contributed by atoms with Gasteiger partial charge in [0, 0.05) is 13.1 Å². The molecule has 0 N–H and O–H groups in total. The highest BCUT2D eigenvalue weighted by Crippen LogP contribution is 2.65. The molecule has 0 aromatic heterocycles. The fraction of sp³-hybridized carbons (Fsp3) is 1.00. The number of rotatable bonds is 1. The first-order valence-corrected chi connectivity index (χ1v) is 7.01. The lowest BCUT2D eigenvalue weighted by Gasteiger charge is -2.58. The molecule has 1 nitrogen and oxygen atoms in total. The van der Waals surface area contributed by atoms with E-state index in [0.717, 1.165) is 29.1 Å². The zero-order chi connectivity index (χ0) is 10.0. The SMILES string of the molecule is CCN1CC2C3C[C@@H]4C[C@H](C3)CC2(C4)C1.Cl. The van der Waals surface area contributed by atoms with E-state index >= 15 is 0 Å². The molecule has 0 aromatic carbocycles. The van der Waals surface area contributed by atoms with Crippen LogP contribution in [0.1, 0.15) is 39.0 Å². The second-order valence-electron chi connectivity index (χ2n) is 6.90. The first-order chi connectivity index (χ1) is 7.29. The van der Waals surface area contributed by atoms with Gasteiger partial charge in [0.1, 0.15) is 0 Å². The highest BCUT2D eigenvalue weighted by Gasteiger charge is 2.59. The molecule has 1 aliphatic heterocycles. The smallest absolute Gasteiger partial charge is 0.00414 e. The van der Waals surface area contributed by atoms with Gasteiger partial charge < -0.3 is 4.90 Å². The van der Waals surface area contributed by atoms with Crippen LogP contribution < -0.4 is 0 Å². The van der Waals surface area contributed by atoms with Gasteiger partial charge in [0.25, 0.3) is 0 Å². The summed E-state index contributed by atoms with van der Waals surface area (Å²) in [6, 6.07) is 0. The summed E-state index contributed by atoms with van der Waals surface area (Å²) >= 11 is 0. The fourth-order valence-corrected chi connectivity index (χ4v) is 5.93. The predicted octanol–water partition coefficient (Wildman–Crippen LogP) is 3.19. The van der Waals surface area contributed by atoms with E-state index in [2.05, 4.69) is 11.8 Å². The van der Waals surface area contributed by atoms with E-state index in [-0.39, 0.29) is 12.4 Å². The minimum Gasteiger partial charge on any atom is -0.303 e. The molecule has 0 amide bonds. The quantitative estimate of drug-likeness (QED) is 0.682. The molecule has 92 valence electrons. The van der Waals surface area contributed by atoms with Gasteiger partial charge >= 0.3 is 0 Å². The minimum atomic E-state index is 0. The van der Waals surface area contributed by atoms with Crippen molar-refractivity contribution in [3.05, 3.63) is 0 Å². The first kappa shape index (κ1) is 11.3. The maximum atomic E-state index is 2.74. The number of hydrogen-bond acceptors (Lipinski definition) is 1. The average molecular weight is 242 g/mol. The summed E-state index contributed by atoms with van der Waals surface area (Å²) in [4.78, 5) is 2.74. The molecular weight excluding hydrogens is 218 g/mol. The third-order valence-corrected chi connectivity index (χ3v) is 6.13. The van der Waals surface area contributed by atoms with Crippen LogP contribution in [0.25, 0.3) is 0 Å². The zero-order valence-electron chi connectivity index (χ0n) is 10.3. The molecule has 1 spiro atoms. The number of nitrogens with zero attached hydrogens (tertiary/aromatic N) is 1. The van der Waals surface area contributed by atoms with Crippen molar-refractivity contribution in [2.75, 3.05) is 19.6 Å². The Kier molecular flexibility index (Phi) is 2.57. The van der Waals surface area contributed by atoms with Gasteiger partial charge in [0.05, 0.1) is 0 Å². The average Bonchev–Trinajstić information content (AvgIpc) is 2.55. The summed E-state index contributed by atoms with van der Waals surface area (Å²) < 4.78 is 0. The largest absolute Gasteiger partial charge is 0.303 e. The maximum absolute atomic E-state index is 2.74. The van der Waals surface area contributed by atoms with Gasteiger partial charge in [0.2, 0.25) is 0 Å². The standard InChI is InChI=1S/C14H23N.ClH/c1-2-15-8-13-12-4-10-3-11(5-12)7-14(13,6-10)9-15;/h10-13H,2-9H2,1H3;1H/t10-,11+,12?,13?,14?;. The number of halogens is 1. The van der Waals surface area contributed by atoms with Gasteiger partial charge in [0.15, 0.2) is 0 Å². The van der Waals surface area contributed by atoms with E-state index in [9.17, 15) is 0 Å². The Balaban J connectivity index is 0.000000810. The molecule has 4 saturated carbocycles. The van der Waals surface area contributed by atoms with Crippen LogP contribution in [0.15, 0.2) is 0 Å². The van der Waals surface area contributed by atoms with Crippen molar-refractivity contribution in [3.63, 3.8) is 0 Å². The van der Waals surface area contributed by atoms with Crippen molar-refractivity contribution in [3.8, 4) is 0 Å². The van der Waals surface area contributed by atoms with Crippen LogP contribution in [0, 0.1) is 29.1 Å². The van der Waals surface area contributed by atoms with Crippen LogP contribution in [-0.2, 0) is 0 Å². The molecule has 5 fully saturated rings. The molecular formula is C14H24ClN. The van der Waals surface area contributed by atoms with Crippen LogP contribution in [0.5, 0.6) is 0 Å². The van der Waals surface area contributed by atoms with Gasteiger partial charge in [-0.15, -0.1) is 12.4 Å². The maximum Gasteiger partial charge on any atom is 0.00414 e. The second-order valence-corrected chi connectivity index (χ2v) is 6.90. The molecule has 16 heavy (non-hydrogen) atoms. The molecule has 4 bridgehead atoms. The van der Waals surface area contributed by atoms with Gasteiger partial charge in [-0.05, 0) is 67.7 Å². The second kappa shape index (κ2) is 3.62. The highest BCUT2D eigenvalue weighted by atomic mass is 35.5. The summed E-state index contributed by atoms with van der Waals surface area (Å²) in [6.45, 7) is 6.54. The molecule has 1 saturated heterocycles. The van der Waals surface area contributed by atoms with Gasteiger partial charge in [-0.2, -0.15) is 0 Å². The van der Waals surface area contributed by atoms with Crippen molar-refractivity contribution in [1.29, 1.82) is 0 Å². The van der Waals surface area contributed by atoms with Crippen LogP contribution in [0.4, 0.5) is 0 Å². The molecule has 4 aliphatic carbocycles. The summed E-state index contributed by atoms with van der Waals surface area (Å²) in [5, 5.41) is 0. The topological polar surface area (TPSA) is 3.24 Å². The molecule has 3 unspecified atom stereocenters. The van der Waals surface area contributed by atoms with Gasteiger partial charge in [-0.1, -0.05) is 6.92 Å². The molecule has 5 atom stereocenters. The molecule has 1 heterocycles. The minimum absolute atomic E-state index is 0. The lowest BCUT2D eigenvalue weighted by Crippen LogP contribution is -2.52. The number of likely N-dealkylation sites (tertiary alicyclic amines) is 1. The third-order valence-electron chi connectivity index (χ3n) is 6.13. The van der Waals surface area contributed by atoms with Crippen molar-refractivity contribution in [2.24, 2.45) is 29.1 Å². The molecule has 0 radical (unpaired) electrons. The van der Waals surface area contributed by atoms with E-state index in [0.29, 0.717) is 0 Å². The van der Waals surface area contributed by atoms with E-state index < -0.39 is 0 Å². The molecule has 0 aromatic rings. The predicted molar refractivity (Wildman–Crippen MR) is 68.8 cm³/mol. The highest BCUT2D eigenvalue weighted by molar-refractivity contribution is 5.85. The summed E-state index contributed by atoms with van der Waals surface area (Å²) in [7, 11) is 0. The van der Waals surface area contributed by atoms with Crippen molar-refractivity contribution in [1.82, 2.24) is 4.90 Å². The van der Waals surface area contributed by atoms with Crippen LogP contribution >= 0.6 is 12.4 Å². The first-order valence-electron chi connectivity index (χ1n) is 7.01. The molecule has 5 aliphatic rings. The lowest BCUT2D eigenvalue weighted by molar-refractivity contribution is -0.0808. The summed E-state index contributed by atoms with van der Waals surface area (Å²) in [6.07, 6.45) is 7.99. The van der Waals surface area contributed by atoms with E-state index in [4.69, 9.17) is 0 Å². The van der Waals surface area contributed by atoms with E-state index in [1.54, 1.807) is 32.1 Å². The Morgan fingerprint density at radius 3 is 2.44 bits per heavy atom. The van der Waals surface area contributed by atoms with Crippen molar-refractivity contribution >= 4 is 12.4 Å². The Hall–Kier alpha value is 0.250. The Bertz CT molecular complexity index is 276. The fourth-order valence-electron chi connectivity index (χ4n) is 5.93. The molecule has 5 rings (SSSR count). The Morgan fingerprint density at radius 2 is 1.81 bits per heavy atom. The number of hydrogen-bond donors (Lipinski definition) is 0.